The number of carbonyl (C=O) groups excluding carboxylic acids is 1. The lowest BCUT2D eigenvalue weighted by Crippen LogP contribution is -2.50. The van der Waals surface area contributed by atoms with Crippen molar-refractivity contribution < 1.29 is 9.90 Å². The number of hydrogen-bond donors (Lipinski definition) is 2. The highest BCUT2D eigenvalue weighted by atomic mass is 32.2. The van der Waals surface area contributed by atoms with Crippen LogP contribution in [0.2, 0.25) is 0 Å². The van der Waals surface area contributed by atoms with E-state index in [2.05, 4.69) is 23.7 Å². The maximum Gasteiger partial charge on any atom is 0.238 e. The van der Waals surface area contributed by atoms with Crippen molar-refractivity contribution in [3.63, 3.8) is 0 Å². The lowest BCUT2D eigenvalue weighted by Gasteiger charge is -2.39. The van der Waals surface area contributed by atoms with Gasteiger partial charge in [-0.3, -0.25) is 9.69 Å². The molecule has 0 aliphatic carbocycles. The van der Waals surface area contributed by atoms with Crippen LogP contribution in [0.15, 0.2) is 41.8 Å². The van der Waals surface area contributed by atoms with Crippen LogP contribution in [0.3, 0.4) is 0 Å². The van der Waals surface area contributed by atoms with Crippen molar-refractivity contribution in [2.75, 3.05) is 24.2 Å². The van der Waals surface area contributed by atoms with Gasteiger partial charge in [0.1, 0.15) is 0 Å². The standard InChI is InChI=1S/C18H26N2O2S/c1-3-11-23-17-10-5-4-9-16(17)19-18(22)12-20-14(2)7-6-8-15(20)13-21/h3-5,9-10,14-15,21H,1,6-8,11-13H2,2H3,(H,19,22). The fourth-order valence-electron chi connectivity index (χ4n) is 3.02. The Morgan fingerprint density at radius 3 is 3.00 bits per heavy atom. The Morgan fingerprint density at radius 2 is 2.26 bits per heavy atom. The largest absolute Gasteiger partial charge is 0.395 e. The number of carbonyl (C=O) groups is 1. The van der Waals surface area contributed by atoms with E-state index in [1.54, 1.807) is 11.8 Å². The van der Waals surface area contributed by atoms with Crippen LogP contribution < -0.4 is 5.32 Å². The zero-order valence-corrected chi connectivity index (χ0v) is 14.5. The normalized spacial score (nSPS) is 21.8. The molecule has 0 spiro atoms. The zero-order valence-electron chi connectivity index (χ0n) is 13.7. The van der Waals surface area contributed by atoms with Gasteiger partial charge in [0, 0.05) is 22.7 Å². The lowest BCUT2D eigenvalue weighted by molar-refractivity contribution is -0.119. The molecule has 1 aromatic rings. The average molecular weight is 334 g/mol. The molecule has 1 heterocycles. The van der Waals surface area contributed by atoms with Gasteiger partial charge in [0.2, 0.25) is 5.91 Å². The highest BCUT2D eigenvalue weighted by Crippen LogP contribution is 2.27. The summed E-state index contributed by atoms with van der Waals surface area (Å²) in [6.45, 7) is 6.30. The van der Waals surface area contributed by atoms with E-state index in [4.69, 9.17) is 0 Å². The molecule has 0 radical (unpaired) electrons. The molecule has 5 heteroatoms. The molecule has 0 bridgehead atoms. The monoisotopic (exact) mass is 334 g/mol. The van der Waals surface area contributed by atoms with Crippen molar-refractivity contribution in [3.8, 4) is 0 Å². The van der Waals surface area contributed by atoms with Gasteiger partial charge in [-0.1, -0.05) is 24.6 Å². The van der Waals surface area contributed by atoms with Gasteiger partial charge >= 0.3 is 0 Å². The third-order valence-corrected chi connectivity index (χ3v) is 5.32. The third kappa shape index (κ3) is 5.09. The highest BCUT2D eigenvalue weighted by Gasteiger charge is 2.28. The molecule has 2 unspecified atom stereocenters. The van der Waals surface area contributed by atoms with Crippen molar-refractivity contribution in [2.24, 2.45) is 0 Å². The molecule has 0 aromatic heterocycles. The van der Waals surface area contributed by atoms with E-state index in [1.807, 2.05) is 30.3 Å². The van der Waals surface area contributed by atoms with Crippen LogP contribution in [0, 0.1) is 0 Å². The molecule has 2 rings (SSSR count). The molecular formula is C18H26N2O2S. The third-order valence-electron chi connectivity index (χ3n) is 4.25. The Labute approximate surface area is 143 Å². The summed E-state index contributed by atoms with van der Waals surface area (Å²) in [4.78, 5) is 15.6. The van der Waals surface area contributed by atoms with E-state index in [0.717, 1.165) is 35.6 Å². The molecule has 1 saturated heterocycles. The zero-order chi connectivity index (χ0) is 16.7. The number of rotatable bonds is 7. The summed E-state index contributed by atoms with van der Waals surface area (Å²) in [6, 6.07) is 8.24. The molecule has 1 aliphatic heterocycles. The quantitative estimate of drug-likeness (QED) is 0.594. The molecular weight excluding hydrogens is 308 g/mol. The van der Waals surface area contributed by atoms with E-state index >= 15 is 0 Å². The molecule has 1 fully saturated rings. The summed E-state index contributed by atoms with van der Waals surface area (Å²) < 4.78 is 0. The van der Waals surface area contributed by atoms with Gasteiger partial charge in [-0.05, 0) is 31.9 Å². The maximum absolute atomic E-state index is 12.4. The summed E-state index contributed by atoms with van der Waals surface area (Å²) >= 11 is 1.65. The van der Waals surface area contributed by atoms with Crippen molar-refractivity contribution in [1.82, 2.24) is 4.90 Å². The predicted molar refractivity (Wildman–Crippen MR) is 96.9 cm³/mol. The molecule has 126 valence electrons. The number of benzene rings is 1. The van der Waals surface area contributed by atoms with Crippen molar-refractivity contribution in [2.45, 2.75) is 43.2 Å². The second-order valence-corrected chi connectivity index (χ2v) is 6.99. The topological polar surface area (TPSA) is 52.6 Å². The minimum absolute atomic E-state index is 0.0242. The van der Waals surface area contributed by atoms with Gasteiger partial charge < -0.3 is 10.4 Å². The SMILES string of the molecule is C=CCSc1ccccc1NC(=O)CN1C(C)CCCC1CO. The molecule has 0 saturated carbocycles. The van der Waals surface area contributed by atoms with E-state index in [9.17, 15) is 9.90 Å². The molecule has 23 heavy (non-hydrogen) atoms. The average Bonchev–Trinajstić information content (AvgIpc) is 2.56. The summed E-state index contributed by atoms with van der Waals surface area (Å²) in [5.74, 6) is 0.784. The first-order chi connectivity index (χ1) is 11.2. The first-order valence-electron chi connectivity index (χ1n) is 8.15. The number of thioether (sulfide) groups is 1. The van der Waals surface area contributed by atoms with E-state index in [0.29, 0.717) is 12.6 Å². The van der Waals surface area contributed by atoms with E-state index in [1.165, 1.54) is 0 Å². The first-order valence-corrected chi connectivity index (χ1v) is 9.13. The number of amides is 1. The fraction of sp³-hybridized carbons (Fsp3) is 0.500. The summed E-state index contributed by atoms with van der Waals surface area (Å²) in [6.07, 6.45) is 5.01. The highest BCUT2D eigenvalue weighted by molar-refractivity contribution is 7.99. The number of para-hydroxylation sites is 1. The first kappa shape index (κ1) is 18.0. The molecule has 1 aliphatic rings. The number of nitrogens with one attached hydrogen (secondary N) is 1. The molecule has 2 N–H and O–H groups in total. The van der Waals surface area contributed by atoms with Crippen LogP contribution in [0.4, 0.5) is 5.69 Å². The Morgan fingerprint density at radius 1 is 1.48 bits per heavy atom. The van der Waals surface area contributed by atoms with Gasteiger partial charge in [-0.25, -0.2) is 0 Å². The number of likely N-dealkylation sites (tertiary alicyclic amines) is 1. The number of aliphatic hydroxyl groups is 1. The number of aliphatic hydroxyl groups excluding tert-OH is 1. The van der Waals surface area contributed by atoms with Crippen LogP contribution in [0.5, 0.6) is 0 Å². The number of anilines is 1. The van der Waals surface area contributed by atoms with Gasteiger partial charge in [0.05, 0.1) is 18.8 Å². The number of nitrogens with zero attached hydrogens (tertiary/aromatic N) is 1. The van der Waals surface area contributed by atoms with Crippen LogP contribution in [0.25, 0.3) is 0 Å². The van der Waals surface area contributed by atoms with Crippen molar-refractivity contribution >= 4 is 23.4 Å². The van der Waals surface area contributed by atoms with E-state index in [-0.39, 0.29) is 18.6 Å². The summed E-state index contributed by atoms with van der Waals surface area (Å²) in [5.41, 5.74) is 0.842. The Bertz CT molecular complexity index is 536. The number of hydrogen-bond acceptors (Lipinski definition) is 4. The van der Waals surface area contributed by atoms with Gasteiger partial charge in [0.25, 0.3) is 0 Å². The van der Waals surface area contributed by atoms with Crippen LogP contribution in [0.1, 0.15) is 26.2 Å². The van der Waals surface area contributed by atoms with Gasteiger partial charge in [-0.2, -0.15) is 0 Å². The Kier molecular flexibility index (Phi) is 7.15. The van der Waals surface area contributed by atoms with Gasteiger partial charge in [-0.15, -0.1) is 18.3 Å². The lowest BCUT2D eigenvalue weighted by atomic mass is 9.97. The van der Waals surface area contributed by atoms with Gasteiger partial charge in [0.15, 0.2) is 0 Å². The molecule has 1 amide bonds. The molecule has 1 aromatic carbocycles. The van der Waals surface area contributed by atoms with E-state index < -0.39 is 0 Å². The summed E-state index contributed by atoms with van der Waals surface area (Å²) in [7, 11) is 0. The Balaban J connectivity index is 2.00. The van der Waals surface area contributed by atoms with Crippen molar-refractivity contribution in [3.05, 3.63) is 36.9 Å². The number of piperidine rings is 1. The molecule has 2 atom stereocenters. The van der Waals surface area contributed by atoms with Crippen molar-refractivity contribution in [1.29, 1.82) is 0 Å². The smallest absolute Gasteiger partial charge is 0.238 e. The predicted octanol–water partition coefficient (Wildman–Crippen LogP) is 3.14. The van der Waals surface area contributed by atoms with Crippen LogP contribution in [-0.2, 0) is 4.79 Å². The second-order valence-electron chi connectivity index (χ2n) is 5.93. The van der Waals surface area contributed by atoms with Crippen LogP contribution >= 0.6 is 11.8 Å². The minimum Gasteiger partial charge on any atom is -0.395 e. The fourth-order valence-corrected chi connectivity index (χ4v) is 3.77. The maximum atomic E-state index is 12.4. The second kappa shape index (κ2) is 9.11. The Hall–Kier alpha value is -1.30. The van der Waals surface area contributed by atoms with Crippen LogP contribution in [-0.4, -0.2) is 46.9 Å². The summed E-state index contributed by atoms with van der Waals surface area (Å²) in [5, 5.41) is 12.6. The minimum atomic E-state index is -0.0242. The molecule has 4 nitrogen and oxygen atoms in total.